The smallest absolute Gasteiger partial charge is 0.322 e. The van der Waals surface area contributed by atoms with Gasteiger partial charge in [-0.25, -0.2) is 0 Å². The second-order valence-electron chi connectivity index (χ2n) is 4.51. The molecule has 1 aromatic carbocycles. The average molecular weight is 255 g/mol. The molecule has 1 heterocycles. The number of alkyl halides is 3. The molecule has 0 radical (unpaired) electrons. The van der Waals surface area contributed by atoms with E-state index in [-0.39, 0.29) is 11.5 Å². The van der Waals surface area contributed by atoms with Gasteiger partial charge in [0, 0.05) is 11.1 Å². The Morgan fingerprint density at radius 2 is 1.83 bits per heavy atom. The van der Waals surface area contributed by atoms with Gasteiger partial charge in [0.25, 0.3) is 5.56 Å². The fourth-order valence-electron chi connectivity index (χ4n) is 1.83. The molecule has 0 atom stereocenters. The Labute approximate surface area is 101 Å². The molecule has 1 N–H and O–H groups in total. The number of aromatic amines is 1. The van der Waals surface area contributed by atoms with Gasteiger partial charge in [-0.3, -0.25) is 4.79 Å². The van der Waals surface area contributed by atoms with Gasteiger partial charge in [-0.2, -0.15) is 13.2 Å². The van der Waals surface area contributed by atoms with Crippen molar-refractivity contribution in [2.75, 3.05) is 0 Å². The Morgan fingerprint density at radius 3 is 2.39 bits per heavy atom. The first-order valence-corrected chi connectivity index (χ1v) is 5.53. The van der Waals surface area contributed by atoms with E-state index in [4.69, 9.17) is 0 Å². The highest BCUT2D eigenvalue weighted by Gasteiger charge is 2.30. The quantitative estimate of drug-likeness (QED) is 0.828. The summed E-state index contributed by atoms with van der Waals surface area (Å²) in [5, 5.41) is 0.396. The summed E-state index contributed by atoms with van der Waals surface area (Å²) < 4.78 is 37.7. The zero-order valence-corrected chi connectivity index (χ0v) is 9.93. The second kappa shape index (κ2) is 4.15. The zero-order valence-electron chi connectivity index (χ0n) is 9.93. The van der Waals surface area contributed by atoms with Crippen LogP contribution in [0.25, 0.3) is 10.9 Å². The molecule has 0 aliphatic carbocycles. The fraction of sp³-hybridized carbons (Fsp3) is 0.308. The molecule has 2 nitrogen and oxygen atoms in total. The molecular formula is C13H12F3NO. The van der Waals surface area contributed by atoms with Gasteiger partial charge in [-0.15, -0.1) is 0 Å². The topological polar surface area (TPSA) is 32.9 Å². The van der Waals surface area contributed by atoms with E-state index >= 15 is 0 Å². The minimum atomic E-state index is -4.37. The fourth-order valence-corrected chi connectivity index (χ4v) is 1.83. The third-order valence-electron chi connectivity index (χ3n) is 2.82. The summed E-state index contributed by atoms with van der Waals surface area (Å²) in [6.07, 6.45) is -4.37. The van der Waals surface area contributed by atoms with Crippen molar-refractivity contribution < 1.29 is 13.2 Å². The summed E-state index contributed by atoms with van der Waals surface area (Å²) in [5.41, 5.74) is -0.0618. The number of rotatable bonds is 1. The molecule has 96 valence electrons. The number of halogens is 3. The van der Waals surface area contributed by atoms with E-state index in [1.807, 2.05) is 13.8 Å². The van der Waals surface area contributed by atoms with Gasteiger partial charge in [0.05, 0.1) is 5.56 Å². The van der Waals surface area contributed by atoms with Gasteiger partial charge in [-0.05, 0) is 35.6 Å². The van der Waals surface area contributed by atoms with E-state index in [0.717, 1.165) is 12.1 Å². The van der Waals surface area contributed by atoms with Gasteiger partial charge < -0.3 is 4.98 Å². The number of nitrogens with one attached hydrogen (secondary N) is 1. The summed E-state index contributed by atoms with van der Waals surface area (Å²) in [6.45, 7) is 3.65. The Hall–Kier alpha value is -1.78. The highest BCUT2D eigenvalue weighted by molar-refractivity contribution is 5.80. The maximum absolute atomic E-state index is 12.6. The monoisotopic (exact) mass is 255 g/mol. The second-order valence-corrected chi connectivity index (χ2v) is 4.51. The lowest BCUT2D eigenvalue weighted by Crippen LogP contribution is -2.14. The molecule has 2 aromatic rings. The Bertz CT molecular complexity index is 641. The van der Waals surface area contributed by atoms with Crippen LogP contribution in [0.5, 0.6) is 0 Å². The van der Waals surface area contributed by atoms with Crippen LogP contribution in [-0.4, -0.2) is 4.98 Å². The van der Waals surface area contributed by atoms with E-state index in [9.17, 15) is 18.0 Å². The SMILES string of the molecule is CC(C)c1cc2cc(C(F)(F)F)ccc2[nH]c1=O. The van der Waals surface area contributed by atoms with Crippen molar-refractivity contribution in [3.05, 3.63) is 45.7 Å². The van der Waals surface area contributed by atoms with Crippen LogP contribution < -0.4 is 5.56 Å². The Balaban J connectivity index is 2.69. The first-order valence-electron chi connectivity index (χ1n) is 5.53. The lowest BCUT2D eigenvalue weighted by molar-refractivity contribution is -0.137. The number of fused-ring (bicyclic) bond motifs is 1. The molecule has 18 heavy (non-hydrogen) atoms. The number of hydrogen-bond donors (Lipinski definition) is 1. The zero-order chi connectivity index (χ0) is 13.5. The number of benzene rings is 1. The molecule has 0 saturated carbocycles. The van der Waals surface area contributed by atoms with Crippen LogP contribution in [0.15, 0.2) is 29.1 Å². The number of aromatic nitrogens is 1. The number of hydrogen-bond acceptors (Lipinski definition) is 1. The third-order valence-corrected chi connectivity index (χ3v) is 2.82. The van der Waals surface area contributed by atoms with Gasteiger partial charge in [0.2, 0.25) is 0 Å². The summed E-state index contributed by atoms with van der Waals surface area (Å²) in [6, 6.07) is 4.82. The van der Waals surface area contributed by atoms with Crippen LogP contribution in [0.3, 0.4) is 0 Å². The van der Waals surface area contributed by atoms with Crippen molar-refractivity contribution in [2.24, 2.45) is 0 Å². The summed E-state index contributed by atoms with van der Waals surface area (Å²) in [5.74, 6) is -0.0345. The predicted molar refractivity (Wildman–Crippen MR) is 63.7 cm³/mol. The van der Waals surface area contributed by atoms with E-state index in [2.05, 4.69) is 4.98 Å². The van der Waals surface area contributed by atoms with Crippen LogP contribution in [0.2, 0.25) is 0 Å². The molecule has 0 spiro atoms. The van der Waals surface area contributed by atoms with E-state index in [1.165, 1.54) is 12.1 Å². The molecule has 0 unspecified atom stereocenters. The first kappa shape index (κ1) is 12.7. The molecule has 0 amide bonds. The number of pyridine rings is 1. The highest BCUT2D eigenvalue weighted by atomic mass is 19.4. The molecule has 2 rings (SSSR count). The third kappa shape index (κ3) is 2.25. The standard InChI is InChI=1S/C13H12F3NO/c1-7(2)10-6-8-5-9(13(14,15)16)3-4-11(8)17-12(10)18/h3-7H,1-2H3,(H,17,18). The van der Waals surface area contributed by atoms with Crippen molar-refractivity contribution in [1.29, 1.82) is 0 Å². The van der Waals surface area contributed by atoms with Crippen molar-refractivity contribution in [1.82, 2.24) is 4.98 Å². The van der Waals surface area contributed by atoms with Gasteiger partial charge in [0.15, 0.2) is 0 Å². The van der Waals surface area contributed by atoms with Crippen molar-refractivity contribution >= 4 is 10.9 Å². The average Bonchev–Trinajstić information content (AvgIpc) is 2.25. The highest BCUT2D eigenvalue weighted by Crippen LogP contribution is 2.31. The largest absolute Gasteiger partial charge is 0.416 e. The van der Waals surface area contributed by atoms with Gasteiger partial charge in [-0.1, -0.05) is 13.8 Å². The predicted octanol–water partition coefficient (Wildman–Crippen LogP) is 3.67. The van der Waals surface area contributed by atoms with Crippen LogP contribution in [0.4, 0.5) is 13.2 Å². The molecule has 1 aromatic heterocycles. The van der Waals surface area contributed by atoms with Crippen LogP contribution in [0.1, 0.15) is 30.9 Å². The van der Waals surface area contributed by atoms with Crippen LogP contribution in [0, 0.1) is 0 Å². The molecule has 0 aliphatic heterocycles. The van der Waals surface area contributed by atoms with E-state index in [1.54, 1.807) is 0 Å². The summed E-state index contributed by atoms with van der Waals surface area (Å²) in [4.78, 5) is 14.3. The molecular weight excluding hydrogens is 243 g/mol. The minimum Gasteiger partial charge on any atom is -0.322 e. The summed E-state index contributed by atoms with van der Waals surface area (Å²) in [7, 11) is 0. The normalized spacial score (nSPS) is 12.3. The molecule has 5 heteroatoms. The number of H-pyrrole nitrogens is 1. The molecule has 0 bridgehead atoms. The van der Waals surface area contributed by atoms with Crippen LogP contribution in [-0.2, 0) is 6.18 Å². The van der Waals surface area contributed by atoms with E-state index in [0.29, 0.717) is 16.5 Å². The first-order chi connectivity index (χ1) is 8.29. The van der Waals surface area contributed by atoms with Crippen LogP contribution >= 0.6 is 0 Å². The maximum atomic E-state index is 12.6. The van der Waals surface area contributed by atoms with Crippen molar-refractivity contribution in [3.63, 3.8) is 0 Å². The Kier molecular flexibility index (Phi) is 2.92. The maximum Gasteiger partial charge on any atom is 0.416 e. The molecule has 0 saturated heterocycles. The van der Waals surface area contributed by atoms with Crippen molar-refractivity contribution in [3.8, 4) is 0 Å². The van der Waals surface area contributed by atoms with E-state index < -0.39 is 11.7 Å². The molecule has 0 fully saturated rings. The Morgan fingerprint density at radius 1 is 1.17 bits per heavy atom. The van der Waals surface area contributed by atoms with Gasteiger partial charge >= 0.3 is 6.18 Å². The van der Waals surface area contributed by atoms with Crippen molar-refractivity contribution in [2.45, 2.75) is 25.9 Å². The minimum absolute atomic E-state index is 0.0345. The molecule has 0 aliphatic rings. The lowest BCUT2D eigenvalue weighted by Gasteiger charge is -2.09. The summed E-state index contributed by atoms with van der Waals surface area (Å²) >= 11 is 0. The lowest BCUT2D eigenvalue weighted by atomic mass is 10.0. The van der Waals surface area contributed by atoms with Gasteiger partial charge in [0.1, 0.15) is 0 Å².